The second kappa shape index (κ2) is 8.95. The highest BCUT2D eigenvalue weighted by Gasteiger charge is 2.32. The molecule has 0 spiro atoms. The minimum absolute atomic E-state index is 0.00966. The summed E-state index contributed by atoms with van der Waals surface area (Å²) in [6, 6.07) is 12.4. The average molecular weight is 479 g/mol. The standard InChI is InChI=1S/C25H23ClN4O4/c1-14(2)33-21-9-8-15(13-19(21)26)24-28-22(29-34-24)17-5-3-6-18-16(17)10-11-27-23(18)30-12-4-7-20(30)25(31)32/h3,5-6,8-11,13-14,20H,4,7,12H2,1-2H3,(H,31,32). The molecule has 0 saturated carbocycles. The summed E-state index contributed by atoms with van der Waals surface area (Å²) < 4.78 is 11.2. The Kier molecular flexibility index (Phi) is 5.83. The Hall–Kier alpha value is -3.65. The highest BCUT2D eigenvalue weighted by atomic mass is 35.5. The van der Waals surface area contributed by atoms with Gasteiger partial charge in [-0.1, -0.05) is 35.0 Å². The van der Waals surface area contributed by atoms with Crippen LogP contribution in [0.4, 0.5) is 5.82 Å². The Morgan fingerprint density at radius 2 is 2.09 bits per heavy atom. The van der Waals surface area contributed by atoms with Crippen LogP contribution < -0.4 is 9.64 Å². The topological polar surface area (TPSA) is 102 Å². The van der Waals surface area contributed by atoms with Crippen molar-refractivity contribution in [2.75, 3.05) is 11.4 Å². The molecule has 2 aromatic heterocycles. The monoisotopic (exact) mass is 478 g/mol. The van der Waals surface area contributed by atoms with Crippen molar-refractivity contribution < 1.29 is 19.2 Å². The van der Waals surface area contributed by atoms with Gasteiger partial charge in [0.05, 0.1) is 11.1 Å². The Morgan fingerprint density at radius 3 is 2.85 bits per heavy atom. The number of carbonyl (C=O) groups is 1. The fraction of sp³-hybridized carbons (Fsp3) is 0.280. The van der Waals surface area contributed by atoms with E-state index in [1.165, 1.54) is 0 Å². The van der Waals surface area contributed by atoms with Crippen molar-refractivity contribution in [2.45, 2.75) is 38.8 Å². The third-order valence-electron chi connectivity index (χ3n) is 5.80. The summed E-state index contributed by atoms with van der Waals surface area (Å²) in [5.41, 5.74) is 1.46. The Bertz CT molecular complexity index is 1370. The predicted molar refractivity (Wildman–Crippen MR) is 129 cm³/mol. The molecule has 1 aliphatic heterocycles. The van der Waals surface area contributed by atoms with E-state index in [2.05, 4.69) is 15.1 Å². The van der Waals surface area contributed by atoms with Gasteiger partial charge in [0, 0.05) is 29.3 Å². The van der Waals surface area contributed by atoms with Gasteiger partial charge in [-0.25, -0.2) is 9.78 Å². The van der Waals surface area contributed by atoms with Crippen LogP contribution >= 0.6 is 11.6 Å². The molecule has 8 nitrogen and oxygen atoms in total. The van der Waals surface area contributed by atoms with Crippen LogP contribution in [-0.4, -0.2) is 44.9 Å². The smallest absolute Gasteiger partial charge is 0.326 e. The number of carboxylic acids is 1. The molecule has 0 radical (unpaired) electrons. The zero-order valence-electron chi connectivity index (χ0n) is 18.7. The first-order chi connectivity index (χ1) is 16.4. The first kappa shape index (κ1) is 22.2. The molecule has 1 N–H and O–H groups in total. The molecule has 0 aliphatic carbocycles. The van der Waals surface area contributed by atoms with E-state index in [1.54, 1.807) is 18.3 Å². The number of rotatable bonds is 6. The number of nitrogens with zero attached hydrogens (tertiary/aromatic N) is 4. The number of aromatic nitrogens is 3. The normalized spacial score (nSPS) is 15.9. The van der Waals surface area contributed by atoms with Crippen LogP contribution in [0.3, 0.4) is 0 Å². The largest absolute Gasteiger partial charge is 0.489 e. The van der Waals surface area contributed by atoms with Crippen LogP contribution in [-0.2, 0) is 4.79 Å². The summed E-state index contributed by atoms with van der Waals surface area (Å²) in [5, 5.41) is 16.0. The molecule has 1 unspecified atom stereocenters. The summed E-state index contributed by atoms with van der Waals surface area (Å²) in [4.78, 5) is 22.7. The van der Waals surface area contributed by atoms with E-state index in [0.29, 0.717) is 46.8 Å². The minimum atomic E-state index is -0.834. The summed E-state index contributed by atoms with van der Waals surface area (Å²) >= 11 is 6.37. The number of aliphatic carboxylic acids is 1. The molecular formula is C25H23ClN4O4. The molecule has 0 bridgehead atoms. The number of hydrogen-bond acceptors (Lipinski definition) is 7. The minimum Gasteiger partial charge on any atom is -0.489 e. The average Bonchev–Trinajstić information content (AvgIpc) is 3.50. The number of fused-ring (bicyclic) bond motifs is 1. The summed E-state index contributed by atoms with van der Waals surface area (Å²) in [6.07, 6.45) is 3.11. The summed E-state index contributed by atoms with van der Waals surface area (Å²) in [6.45, 7) is 4.52. The molecule has 174 valence electrons. The van der Waals surface area contributed by atoms with E-state index in [0.717, 1.165) is 22.8 Å². The lowest BCUT2D eigenvalue weighted by atomic mass is 10.0. The number of pyridine rings is 1. The van der Waals surface area contributed by atoms with Gasteiger partial charge in [0.2, 0.25) is 5.82 Å². The van der Waals surface area contributed by atoms with Gasteiger partial charge in [-0.2, -0.15) is 4.98 Å². The van der Waals surface area contributed by atoms with Crippen LogP contribution in [0.2, 0.25) is 5.02 Å². The fourth-order valence-corrected chi connectivity index (χ4v) is 4.55. The highest BCUT2D eigenvalue weighted by molar-refractivity contribution is 6.32. The van der Waals surface area contributed by atoms with Crippen molar-refractivity contribution in [1.29, 1.82) is 0 Å². The molecule has 1 atom stereocenters. The van der Waals surface area contributed by atoms with Gasteiger partial charge < -0.3 is 19.3 Å². The van der Waals surface area contributed by atoms with Crippen LogP contribution in [0.1, 0.15) is 26.7 Å². The van der Waals surface area contributed by atoms with E-state index in [4.69, 9.17) is 20.9 Å². The number of ether oxygens (including phenoxy) is 1. The number of anilines is 1. The summed E-state index contributed by atoms with van der Waals surface area (Å²) in [7, 11) is 0. The van der Waals surface area contributed by atoms with E-state index in [9.17, 15) is 9.90 Å². The van der Waals surface area contributed by atoms with Crippen molar-refractivity contribution in [1.82, 2.24) is 15.1 Å². The van der Waals surface area contributed by atoms with Crippen molar-refractivity contribution in [3.05, 3.63) is 53.7 Å². The zero-order chi connectivity index (χ0) is 23.8. The lowest BCUT2D eigenvalue weighted by Gasteiger charge is -2.24. The van der Waals surface area contributed by atoms with Gasteiger partial charge >= 0.3 is 5.97 Å². The molecule has 2 aromatic carbocycles. The third-order valence-corrected chi connectivity index (χ3v) is 6.10. The van der Waals surface area contributed by atoms with Crippen molar-refractivity contribution in [2.24, 2.45) is 0 Å². The number of benzene rings is 2. The van der Waals surface area contributed by atoms with E-state index in [-0.39, 0.29) is 6.10 Å². The van der Waals surface area contributed by atoms with Crippen LogP contribution in [0.25, 0.3) is 33.6 Å². The Labute approximate surface area is 201 Å². The quantitative estimate of drug-likeness (QED) is 0.390. The molecule has 1 aliphatic rings. The SMILES string of the molecule is CC(C)Oc1ccc(-c2nc(-c3cccc4c(N5CCCC5C(=O)O)nccc34)no2)cc1Cl. The van der Waals surface area contributed by atoms with E-state index in [1.807, 2.05) is 49.1 Å². The second-order valence-corrected chi connectivity index (χ2v) is 8.87. The predicted octanol–water partition coefficient (Wildman–Crippen LogP) is 5.45. The first-order valence-corrected chi connectivity index (χ1v) is 11.5. The maximum Gasteiger partial charge on any atom is 0.326 e. The Morgan fingerprint density at radius 1 is 1.24 bits per heavy atom. The summed E-state index contributed by atoms with van der Waals surface area (Å²) in [5.74, 6) is 1.17. The molecule has 3 heterocycles. The lowest BCUT2D eigenvalue weighted by molar-refractivity contribution is -0.138. The zero-order valence-corrected chi connectivity index (χ0v) is 19.5. The van der Waals surface area contributed by atoms with Crippen molar-refractivity contribution >= 4 is 34.2 Å². The maximum absolute atomic E-state index is 11.7. The van der Waals surface area contributed by atoms with Crippen LogP contribution in [0.15, 0.2) is 53.2 Å². The molecule has 1 fully saturated rings. The third kappa shape index (κ3) is 4.05. The van der Waals surface area contributed by atoms with Gasteiger partial charge in [-0.15, -0.1) is 0 Å². The number of hydrogen-bond donors (Lipinski definition) is 1. The van der Waals surface area contributed by atoms with Crippen molar-refractivity contribution in [3.63, 3.8) is 0 Å². The van der Waals surface area contributed by atoms with Crippen LogP contribution in [0.5, 0.6) is 5.75 Å². The van der Waals surface area contributed by atoms with Gasteiger partial charge in [0.1, 0.15) is 17.6 Å². The first-order valence-electron chi connectivity index (χ1n) is 11.1. The lowest BCUT2D eigenvalue weighted by Crippen LogP contribution is -2.36. The highest BCUT2D eigenvalue weighted by Crippen LogP contribution is 2.36. The van der Waals surface area contributed by atoms with Gasteiger partial charge in [0.25, 0.3) is 5.89 Å². The van der Waals surface area contributed by atoms with Crippen molar-refractivity contribution in [3.8, 4) is 28.6 Å². The number of carboxylic acid groups (broad SMARTS) is 1. The van der Waals surface area contributed by atoms with Gasteiger partial charge in [0.15, 0.2) is 0 Å². The van der Waals surface area contributed by atoms with Crippen LogP contribution in [0, 0.1) is 0 Å². The molecule has 5 rings (SSSR count). The number of halogens is 1. The van der Waals surface area contributed by atoms with E-state index >= 15 is 0 Å². The fourth-order valence-electron chi connectivity index (χ4n) is 4.33. The molecule has 4 aromatic rings. The molecular weight excluding hydrogens is 456 g/mol. The van der Waals surface area contributed by atoms with Gasteiger partial charge in [-0.05, 0) is 56.3 Å². The molecule has 0 amide bonds. The van der Waals surface area contributed by atoms with Gasteiger partial charge in [-0.3, -0.25) is 0 Å². The maximum atomic E-state index is 11.7. The molecule has 1 saturated heterocycles. The molecule has 34 heavy (non-hydrogen) atoms. The Balaban J connectivity index is 1.52. The van der Waals surface area contributed by atoms with E-state index < -0.39 is 12.0 Å². The second-order valence-electron chi connectivity index (χ2n) is 8.46. The molecule has 9 heteroatoms.